The number of nitrogens with zero attached hydrogens (tertiary/aromatic N) is 4. The average Bonchev–Trinajstić information content (AvgIpc) is 3.00. The number of aromatic nitrogens is 4. The van der Waals surface area contributed by atoms with Gasteiger partial charge in [-0.15, -0.1) is 4.68 Å². The van der Waals surface area contributed by atoms with Crippen LogP contribution < -0.4 is 19.9 Å². The van der Waals surface area contributed by atoms with Gasteiger partial charge in [0, 0.05) is 22.2 Å². The SMILES string of the molecule is CCC(CC)Oc1ccc2n[n+](CC(=O)c3cc(Br)cc(OC)c3)c(N)n2n1. The summed E-state index contributed by atoms with van der Waals surface area (Å²) in [6, 6.07) is 8.72. The Labute approximate surface area is 171 Å². The Hall–Kier alpha value is -2.68. The fraction of sp³-hybridized carbons (Fsp3) is 0.368. The zero-order valence-corrected chi connectivity index (χ0v) is 17.6. The summed E-state index contributed by atoms with van der Waals surface area (Å²) in [5, 5.41) is 8.78. The minimum absolute atomic E-state index is 0.0163. The minimum Gasteiger partial charge on any atom is -0.497 e. The zero-order chi connectivity index (χ0) is 20.3. The standard InChI is InChI=1S/C19H22BrN5O3/c1-4-14(5-2)28-18-7-6-17-22-24(19(21)25(17)23-18)11-16(26)12-8-13(20)10-15(9-12)27-3/h6-10,14,21H,4-5,11H2,1-3H3/p+1. The molecule has 0 bridgehead atoms. The first-order chi connectivity index (χ1) is 13.4. The molecule has 9 heteroatoms. The van der Waals surface area contributed by atoms with Gasteiger partial charge in [-0.2, -0.15) is 0 Å². The van der Waals surface area contributed by atoms with E-state index in [1.807, 2.05) is 0 Å². The van der Waals surface area contributed by atoms with Crippen LogP contribution in [0.3, 0.4) is 0 Å². The molecular weight excluding hydrogens is 426 g/mol. The number of carbonyl (C=O) groups excluding carboxylic acids is 1. The third kappa shape index (κ3) is 4.24. The lowest BCUT2D eigenvalue weighted by molar-refractivity contribution is -0.723. The molecule has 1 aromatic carbocycles. The number of carbonyl (C=O) groups is 1. The van der Waals surface area contributed by atoms with Crippen LogP contribution in [-0.2, 0) is 6.54 Å². The summed E-state index contributed by atoms with van der Waals surface area (Å²) < 4.78 is 14.7. The van der Waals surface area contributed by atoms with E-state index in [1.54, 1.807) is 37.4 Å². The molecule has 2 heterocycles. The highest BCUT2D eigenvalue weighted by Crippen LogP contribution is 2.21. The van der Waals surface area contributed by atoms with Crippen molar-refractivity contribution in [1.29, 1.82) is 0 Å². The molecule has 0 amide bonds. The molecule has 0 aliphatic heterocycles. The van der Waals surface area contributed by atoms with Gasteiger partial charge in [-0.05, 0) is 31.0 Å². The van der Waals surface area contributed by atoms with Crippen LogP contribution in [0.15, 0.2) is 34.8 Å². The second-order valence-corrected chi connectivity index (χ2v) is 7.23. The van der Waals surface area contributed by atoms with E-state index >= 15 is 0 Å². The van der Waals surface area contributed by atoms with Crippen LogP contribution in [-0.4, -0.2) is 33.7 Å². The van der Waals surface area contributed by atoms with Crippen LogP contribution in [0, 0.1) is 0 Å². The number of nitrogens with two attached hydrogens (primary N) is 1. The van der Waals surface area contributed by atoms with Crippen LogP contribution in [0.5, 0.6) is 11.6 Å². The number of ether oxygens (including phenoxy) is 2. The predicted molar refractivity (Wildman–Crippen MR) is 108 cm³/mol. The number of benzene rings is 1. The maximum atomic E-state index is 12.7. The minimum atomic E-state index is -0.145. The first-order valence-electron chi connectivity index (χ1n) is 9.05. The van der Waals surface area contributed by atoms with Crippen molar-refractivity contribution < 1.29 is 19.0 Å². The summed E-state index contributed by atoms with van der Waals surface area (Å²) in [6.07, 6.45) is 1.87. The van der Waals surface area contributed by atoms with Crippen molar-refractivity contribution in [3.8, 4) is 11.6 Å². The van der Waals surface area contributed by atoms with Crippen LogP contribution in [0.25, 0.3) is 5.65 Å². The third-order valence-corrected chi connectivity index (χ3v) is 4.87. The summed E-state index contributed by atoms with van der Waals surface area (Å²) in [6.45, 7) is 4.11. The van der Waals surface area contributed by atoms with Crippen LogP contribution in [0.4, 0.5) is 5.95 Å². The number of halogens is 1. The molecule has 0 radical (unpaired) electrons. The maximum Gasteiger partial charge on any atom is 0.401 e. The number of nitrogen functional groups attached to an aromatic ring is 1. The summed E-state index contributed by atoms with van der Waals surface area (Å²) >= 11 is 3.38. The Balaban J connectivity index is 1.86. The van der Waals surface area contributed by atoms with Crippen molar-refractivity contribution in [2.45, 2.75) is 39.3 Å². The normalized spacial score (nSPS) is 11.2. The lowest BCUT2D eigenvalue weighted by Gasteiger charge is -2.13. The lowest BCUT2D eigenvalue weighted by Crippen LogP contribution is -2.42. The maximum absolute atomic E-state index is 12.7. The number of hydrogen-bond donors (Lipinski definition) is 1. The van der Waals surface area contributed by atoms with Crippen molar-refractivity contribution >= 4 is 33.3 Å². The van der Waals surface area contributed by atoms with Crippen LogP contribution >= 0.6 is 15.9 Å². The van der Waals surface area contributed by atoms with E-state index in [-0.39, 0.29) is 24.4 Å². The fourth-order valence-electron chi connectivity index (χ4n) is 2.80. The summed E-state index contributed by atoms with van der Waals surface area (Å²) in [5.41, 5.74) is 7.21. The number of methoxy groups -OCH3 is 1. The molecule has 3 rings (SSSR count). The lowest BCUT2D eigenvalue weighted by atomic mass is 10.1. The van der Waals surface area contributed by atoms with Gasteiger partial charge in [0.2, 0.25) is 5.88 Å². The number of hydrogen-bond acceptors (Lipinski definition) is 6. The largest absolute Gasteiger partial charge is 0.497 e. The molecule has 0 atom stereocenters. The zero-order valence-electron chi connectivity index (χ0n) is 16.1. The number of anilines is 1. The van der Waals surface area contributed by atoms with Crippen molar-refractivity contribution in [3.63, 3.8) is 0 Å². The molecule has 0 spiro atoms. The molecule has 0 saturated heterocycles. The average molecular weight is 449 g/mol. The highest BCUT2D eigenvalue weighted by molar-refractivity contribution is 9.10. The first-order valence-corrected chi connectivity index (χ1v) is 9.84. The number of Topliss-reactive ketones (excluding diaryl/α,β-unsaturated/α-hetero) is 1. The Morgan fingerprint density at radius 3 is 2.71 bits per heavy atom. The van der Waals surface area contributed by atoms with Gasteiger partial charge in [0.1, 0.15) is 11.9 Å². The first kappa shape index (κ1) is 20.1. The molecule has 2 N–H and O–H groups in total. The Morgan fingerprint density at radius 2 is 2.04 bits per heavy atom. The number of rotatable bonds is 8. The molecular formula is C19H23BrN5O3+. The molecule has 8 nitrogen and oxygen atoms in total. The highest BCUT2D eigenvalue weighted by atomic mass is 79.9. The highest BCUT2D eigenvalue weighted by Gasteiger charge is 2.22. The van der Waals surface area contributed by atoms with Crippen molar-refractivity contribution in [3.05, 3.63) is 40.4 Å². The van der Waals surface area contributed by atoms with E-state index in [9.17, 15) is 4.79 Å². The molecule has 3 aromatic rings. The molecule has 0 aliphatic carbocycles. The topological polar surface area (TPSA) is 95.6 Å². The predicted octanol–water partition coefficient (Wildman–Crippen LogP) is 2.82. The van der Waals surface area contributed by atoms with Crippen LogP contribution in [0.2, 0.25) is 0 Å². The van der Waals surface area contributed by atoms with Crippen molar-refractivity contribution in [2.75, 3.05) is 12.8 Å². The summed E-state index contributed by atoms with van der Waals surface area (Å²) in [7, 11) is 1.55. The van der Waals surface area contributed by atoms with Crippen molar-refractivity contribution in [1.82, 2.24) is 14.7 Å². The van der Waals surface area contributed by atoms with E-state index in [1.165, 1.54) is 9.20 Å². The monoisotopic (exact) mass is 448 g/mol. The van der Waals surface area contributed by atoms with Gasteiger partial charge >= 0.3 is 5.95 Å². The molecule has 148 valence electrons. The van der Waals surface area contributed by atoms with Crippen LogP contribution in [0.1, 0.15) is 37.0 Å². The number of ketones is 1. The van der Waals surface area contributed by atoms with Gasteiger partial charge in [0.15, 0.2) is 12.3 Å². The van der Waals surface area contributed by atoms with E-state index in [0.717, 1.165) is 17.3 Å². The molecule has 28 heavy (non-hydrogen) atoms. The van der Waals surface area contributed by atoms with Gasteiger partial charge in [-0.25, -0.2) is 0 Å². The quantitative estimate of drug-likeness (QED) is 0.420. The Bertz CT molecular complexity index is 1000. The van der Waals surface area contributed by atoms with E-state index in [4.69, 9.17) is 15.2 Å². The summed E-state index contributed by atoms with van der Waals surface area (Å²) in [5.74, 6) is 1.17. The Kier molecular flexibility index (Phi) is 6.13. The van der Waals surface area contributed by atoms with Gasteiger partial charge in [-0.3, -0.25) is 10.5 Å². The summed E-state index contributed by atoms with van der Waals surface area (Å²) in [4.78, 5) is 12.7. The van der Waals surface area contributed by atoms with E-state index in [2.05, 4.69) is 40.0 Å². The second-order valence-electron chi connectivity index (χ2n) is 6.32. The van der Waals surface area contributed by atoms with E-state index < -0.39 is 0 Å². The molecule has 0 fully saturated rings. The second kappa shape index (κ2) is 8.55. The molecule has 2 aromatic heterocycles. The fourth-order valence-corrected chi connectivity index (χ4v) is 3.27. The molecule has 0 saturated carbocycles. The van der Waals surface area contributed by atoms with Gasteiger partial charge < -0.3 is 9.47 Å². The van der Waals surface area contributed by atoms with Gasteiger partial charge in [0.05, 0.1) is 7.11 Å². The smallest absolute Gasteiger partial charge is 0.401 e. The molecule has 0 unspecified atom stereocenters. The Morgan fingerprint density at radius 1 is 1.29 bits per heavy atom. The third-order valence-electron chi connectivity index (χ3n) is 4.42. The van der Waals surface area contributed by atoms with Gasteiger partial charge in [0.25, 0.3) is 5.65 Å². The van der Waals surface area contributed by atoms with Gasteiger partial charge in [-0.1, -0.05) is 44.5 Å². The number of fused-ring (bicyclic) bond motifs is 1. The van der Waals surface area contributed by atoms with E-state index in [0.29, 0.717) is 22.8 Å². The van der Waals surface area contributed by atoms with Crippen molar-refractivity contribution in [2.24, 2.45) is 0 Å². The molecule has 0 aliphatic rings.